The highest BCUT2D eigenvalue weighted by molar-refractivity contribution is 7.09. The summed E-state index contributed by atoms with van der Waals surface area (Å²) >= 11 is 7.20. The number of hydrogen-bond acceptors (Lipinski definition) is 5. The van der Waals surface area contributed by atoms with Gasteiger partial charge >= 0.3 is 0 Å². The molecule has 0 saturated carbocycles. The Morgan fingerprint density at radius 3 is 2.94 bits per heavy atom. The first-order valence-electron chi connectivity index (χ1n) is 4.70. The zero-order chi connectivity index (χ0) is 11.5. The highest BCUT2D eigenvalue weighted by Crippen LogP contribution is 2.19. The number of nitrogens with two attached hydrogens (primary N) is 1. The Morgan fingerprint density at radius 2 is 2.31 bits per heavy atom. The third kappa shape index (κ3) is 2.62. The van der Waals surface area contributed by atoms with E-state index in [9.17, 15) is 0 Å². The van der Waals surface area contributed by atoms with Crippen molar-refractivity contribution in [1.29, 1.82) is 0 Å². The fourth-order valence-electron chi connectivity index (χ4n) is 1.36. The Bertz CT molecular complexity index is 485. The standard InChI is InChI=1S/C10H11ClN4S/c1-15(10-13-9(12)14-16-10)6-7-3-2-4-8(11)5-7/h2-5H,6H2,1H3,(H2,12,14). The number of nitrogen functional groups attached to an aromatic ring is 1. The zero-order valence-corrected chi connectivity index (χ0v) is 10.3. The zero-order valence-electron chi connectivity index (χ0n) is 8.72. The average Bonchev–Trinajstić information content (AvgIpc) is 2.65. The summed E-state index contributed by atoms with van der Waals surface area (Å²) in [5.41, 5.74) is 6.60. The molecule has 2 N–H and O–H groups in total. The Kier molecular flexibility index (Phi) is 3.26. The molecule has 0 radical (unpaired) electrons. The number of aromatic nitrogens is 2. The Hall–Kier alpha value is -1.33. The molecule has 1 heterocycles. The van der Waals surface area contributed by atoms with Gasteiger partial charge in [0.2, 0.25) is 11.1 Å². The first-order chi connectivity index (χ1) is 7.65. The molecule has 0 unspecified atom stereocenters. The van der Waals surface area contributed by atoms with Gasteiger partial charge in [-0.25, -0.2) is 0 Å². The lowest BCUT2D eigenvalue weighted by molar-refractivity contribution is 0.915. The Balaban J connectivity index is 2.10. The second-order valence-electron chi connectivity index (χ2n) is 3.42. The summed E-state index contributed by atoms with van der Waals surface area (Å²) in [7, 11) is 1.95. The maximum Gasteiger partial charge on any atom is 0.233 e. The molecule has 4 nitrogen and oxygen atoms in total. The first kappa shape index (κ1) is 11.2. The summed E-state index contributed by atoms with van der Waals surface area (Å²) in [5, 5.41) is 1.54. The second kappa shape index (κ2) is 4.67. The van der Waals surface area contributed by atoms with E-state index < -0.39 is 0 Å². The quantitative estimate of drug-likeness (QED) is 0.914. The van der Waals surface area contributed by atoms with Crippen LogP contribution in [0.3, 0.4) is 0 Å². The van der Waals surface area contributed by atoms with Gasteiger partial charge in [0.15, 0.2) is 0 Å². The molecule has 84 valence electrons. The molecule has 0 spiro atoms. The molecule has 0 bridgehead atoms. The van der Waals surface area contributed by atoms with Gasteiger partial charge in [0.25, 0.3) is 0 Å². The molecular weight excluding hydrogens is 244 g/mol. The molecule has 0 aliphatic heterocycles. The highest BCUT2D eigenvalue weighted by atomic mass is 35.5. The van der Waals surface area contributed by atoms with Gasteiger partial charge in [-0.2, -0.15) is 9.36 Å². The number of rotatable bonds is 3. The second-order valence-corrected chi connectivity index (χ2v) is 4.59. The van der Waals surface area contributed by atoms with Crippen molar-refractivity contribution in [2.45, 2.75) is 6.54 Å². The lowest BCUT2D eigenvalue weighted by Gasteiger charge is -2.14. The molecule has 0 aliphatic carbocycles. The summed E-state index contributed by atoms with van der Waals surface area (Å²) in [6.07, 6.45) is 0. The van der Waals surface area contributed by atoms with Crippen LogP contribution in [-0.4, -0.2) is 16.4 Å². The smallest absolute Gasteiger partial charge is 0.233 e. The van der Waals surface area contributed by atoms with Crippen LogP contribution in [0.25, 0.3) is 0 Å². The van der Waals surface area contributed by atoms with Crippen molar-refractivity contribution in [2.75, 3.05) is 17.7 Å². The van der Waals surface area contributed by atoms with E-state index in [1.807, 2.05) is 36.2 Å². The molecule has 0 aliphatic rings. The first-order valence-corrected chi connectivity index (χ1v) is 5.85. The maximum absolute atomic E-state index is 5.91. The fourth-order valence-corrected chi connectivity index (χ4v) is 2.13. The van der Waals surface area contributed by atoms with E-state index in [-0.39, 0.29) is 0 Å². The monoisotopic (exact) mass is 254 g/mol. The minimum atomic E-state index is 0.318. The molecule has 1 aromatic carbocycles. The number of anilines is 2. The van der Waals surface area contributed by atoms with Crippen LogP contribution in [-0.2, 0) is 6.54 Å². The van der Waals surface area contributed by atoms with Crippen LogP contribution in [0.1, 0.15) is 5.56 Å². The van der Waals surface area contributed by atoms with Crippen LogP contribution in [0.2, 0.25) is 5.02 Å². The van der Waals surface area contributed by atoms with E-state index in [4.69, 9.17) is 17.3 Å². The summed E-state index contributed by atoms with van der Waals surface area (Å²) < 4.78 is 3.94. The molecule has 1 aromatic heterocycles. The number of benzene rings is 1. The van der Waals surface area contributed by atoms with Crippen molar-refractivity contribution in [3.05, 3.63) is 34.9 Å². The van der Waals surface area contributed by atoms with Crippen LogP contribution in [0.5, 0.6) is 0 Å². The summed E-state index contributed by atoms with van der Waals surface area (Å²) in [4.78, 5) is 6.09. The van der Waals surface area contributed by atoms with Gasteiger partial charge in [-0.1, -0.05) is 23.7 Å². The SMILES string of the molecule is CN(Cc1cccc(Cl)c1)c1nc(N)ns1. The maximum atomic E-state index is 5.91. The van der Waals surface area contributed by atoms with Crippen molar-refractivity contribution in [3.8, 4) is 0 Å². The molecule has 2 rings (SSSR count). The van der Waals surface area contributed by atoms with Crippen LogP contribution in [0.15, 0.2) is 24.3 Å². The van der Waals surface area contributed by atoms with Crippen molar-refractivity contribution < 1.29 is 0 Å². The van der Waals surface area contributed by atoms with E-state index in [1.165, 1.54) is 11.5 Å². The van der Waals surface area contributed by atoms with E-state index in [2.05, 4.69) is 9.36 Å². The van der Waals surface area contributed by atoms with E-state index >= 15 is 0 Å². The predicted octanol–water partition coefficient (Wildman–Crippen LogP) is 2.41. The normalized spacial score (nSPS) is 10.4. The third-order valence-electron chi connectivity index (χ3n) is 2.07. The Morgan fingerprint density at radius 1 is 1.50 bits per heavy atom. The summed E-state index contributed by atoms with van der Waals surface area (Å²) in [6, 6.07) is 7.74. The molecular formula is C10H11ClN4S. The molecule has 0 amide bonds. The van der Waals surface area contributed by atoms with Gasteiger partial charge in [-0.15, -0.1) is 0 Å². The van der Waals surface area contributed by atoms with E-state index in [0.29, 0.717) is 5.95 Å². The topological polar surface area (TPSA) is 55.0 Å². The van der Waals surface area contributed by atoms with E-state index in [1.54, 1.807) is 0 Å². The largest absolute Gasteiger partial charge is 0.367 e. The number of hydrogen-bond donors (Lipinski definition) is 1. The van der Waals surface area contributed by atoms with Gasteiger partial charge in [-0.05, 0) is 17.7 Å². The molecule has 2 aromatic rings. The molecule has 0 atom stereocenters. The molecule has 0 saturated heterocycles. The summed E-state index contributed by atoms with van der Waals surface area (Å²) in [6.45, 7) is 0.731. The minimum Gasteiger partial charge on any atom is -0.367 e. The van der Waals surface area contributed by atoms with Crippen LogP contribution in [0, 0.1) is 0 Å². The van der Waals surface area contributed by atoms with Crippen LogP contribution in [0.4, 0.5) is 11.1 Å². The highest BCUT2D eigenvalue weighted by Gasteiger charge is 2.07. The fraction of sp³-hybridized carbons (Fsp3) is 0.200. The van der Waals surface area contributed by atoms with Gasteiger partial charge in [-0.3, -0.25) is 0 Å². The van der Waals surface area contributed by atoms with Crippen molar-refractivity contribution in [3.63, 3.8) is 0 Å². The van der Waals surface area contributed by atoms with Crippen molar-refractivity contribution >= 4 is 34.2 Å². The van der Waals surface area contributed by atoms with Gasteiger partial charge in [0, 0.05) is 30.1 Å². The lowest BCUT2D eigenvalue weighted by Crippen LogP contribution is -2.16. The number of halogens is 1. The average molecular weight is 255 g/mol. The summed E-state index contributed by atoms with van der Waals surface area (Å²) in [5.74, 6) is 0.318. The van der Waals surface area contributed by atoms with Crippen molar-refractivity contribution in [1.82, 2.24) is 9.36 Å². The minimum absolute atomic E-state index is 0.318. The van der Waals surface area contributed by atoms with Gasteiger partial charge in [0.1, 0.15) is 0 Å². The molecule has 0 fully saturated rings. The Labute approximate surface area is 103 Å². The van der Waals surface area contributed by atoms with Crippen LogP contribution < -0.4 is 10.6 Å². The third-order valence-corrected chi connectivity index (χ3v) is 3.15. The predicted molar refractivity (Wildman–Crippen MR) is 67.9 cm³/mol. The number of nitrogens with zero attached hydrogens (tertiary/aromatic N) is 3. The van der Waals surface area contributed by atoms with E-state index in [0.717, 1.165) is 22.3 Å². The molecule has 6 heteroatoms. The van der Waals surface area contributed by atoms with Crippen LogP contribution >= 0.6 is 23.1 Å². The van der Waals surface area contributed by atoms with Gasteiger partial charge < -0.3 is 10.6 Å². The lowest BCUT2D eigenvalue weighted by atomic mass is 10.2. The molecule has 16 heavy (non-hydrogen) atoms. The van der Waals surface area contributed by atoms with Gasteiger partial charge in [0.05, 0.1) is 0 Å². The van der Waals surface area contributed by atoms with Crippen molar-refractivity contribution in [2.24, 2.45) is 0 Å².